The number of carbonyl (C=O) groups excluding carboxylic acids is 1. The Balaban J connectivity index is 2.64. The Kier molecular flexibility index (Phi) is 4.83. The maximum Gasteiger partial charge on any atom is 0.338 e. The Morgan fingerprint density at radius 1 is 1.25 bits per heavy atom. The second-order valence-electron chi connectivity index (χ2n) is 3.58. The molecular formula is C13H18O3. The van der Waals surface area contributed by atoms with Crippen molar-refractivity contribution < 1.29 is 14.3 Å². The molecule has 0 aliphatic heterocycles. The highest BCUT2D eigenvalue weighted by Gasteiger charge is 2.06. The molecule has 0 amide bonds. The van der Waals surface area contributed by atoms with Crippen molar-refractivity contribution >= 4 is 5.97 Å². The van der Waals surface area contributed by atoms with E-state index < -0.39 is 0 Å². The van der Waals surface area contributed by atoms with Gasteiger partial charge in [0.2, 0.25) is 0 Å². The van der Waals surface area contributed by atoms with Gasteiger partial charge in [-0.3, -0.25) is 0 Å². The van der Waals surface area contributed by atoms with E-state index in [0.29, 0.717) is 12.2 Å². The Labute approximate surface area is 96.4 Å². The van der Waals surface area contributed by atoms with Crippen molar-refractivity contribution in [2.75, 3.05) is 6.61 Å². The molecule has 0 fully saturated rings. The van der Waals surface area contributed by atoms with Gasteiger partial charge in [-0.1, -0.05) is 6.92 Å². The molecule has 0 heterocycles. The first-order valence-electron chi connectivity index (χ1n) is 5.61. The summed E-state index contributed by atoms with van der Waals surface area (Å²) in [7, 11) is 0. The van der Waals surface area contributed by atoms with Gasteiger partial charge in [-0.05, 0) is 44.5 Å². The molecule has 3 nitrogen and oxygen atoms in total. The summed E-state index contributed by atoms with van der Waals surface area (Å²) in [6.07, 6.45) is 1.15. The van der Waals surface area contributed by atoms with E-state index in [1.54, 1.807) is 31.2 Å². The van der Waals surface area contributed by atoms with E-state index in [-0.39, 0.29) is 12.1 Å². The Morgan fingerprint density at radius 3 is 2.38 bits per heavy atom. The van der Waals surface area contributed by atoms with Gasteiger partial charge in [0.15, 0.2) is 0 Å². The summed E-state index contributed by atoms with van der Waals surface area (Å²) in [6, 6.07) is 7.02. The van der Waals surface area contributed by atoms with Crippen LogP contribution in [-0.4, -0.2) is 18.7 Å². The van der Waals surface area contributed by atoms with Gasteiger partial charge in [-0.25, -0.2) is 4.79 Å². The third kappa shape index (κ3) is 3.57. The van der Waals surface area contributed by atoms with Crippen LogP contribution in [0.2, 0.25) is 0 Å². The van der Waals surface area contributed by atoms with Crippen molar-refractivity contribution in [1.82, 2.24) is 0 Å². The lowest BCUT2D eigenvalue weighted by molar-refractivity contribution is 0.0526. The van der Waals surface area contributed by atoms with Crippen LogP contribution in [0.4, 0.5) is 0 Å². The molecule has 1 atom stereocenters. The molecule has 1 unspecified atom stereocenters. The van der Waals surface area contributed by atoms with Gasteiger partial charge in [0.25, 0.3) is 0 Å². The standard InChI is InChI=1S/C13H18O3/c1-4-10(3)16-12-8-6-11(7-9-12)13(14)15-5-2/h6-10H,4-5H2,1-3H3. The maximum absolute atomic E-state index is 11.4. The average Bonchev–Trinajstić information content (AvgIpc) is 2.30. The van der Waals surface area contributed by atoms with E-state index in [0.717, 1.165) is 12.2 Å². The van der Waals surface area contributed by atoms with Crippen LogP contribution in [-0.2, 0) is 4.74 Å². The van der Waals surface area contributed by atoms with E-state index in [1.807, 2.05) is 6.92 Å². The normalized spacial score (nSPS) is 11.9. The Hall–Kier alpha value is -1.51. The summed E-state index contributed by atoms with van der Waals surface area (Å²) in [4.78, 5) is 11.4. The first kappa shape index (κ1) is 12.6. The first-order valence-corrected chi connectivity index (χ1v) is 5.61. The summed E-state index contributed by atoms with van der Waals surface area (Å²) in [5.74, 6) is 0.486. The third-order valence-corrected chi connectivity index (χ3v) is 2.28. The van der Waals surface area contributed by atoms with Crippen LogP contribution in [0.1, 0.15) is 37.6 Å². The van der Waals surface area contributed by atoms with Crippen LogP contribution >= 0.6 is 0 Å². The van der Waals surface area contributed by atoms with Crippen molar-refractivity contribution in [2.45, 2.75) is 33.3 Å². The van der Waals surface area contributed by atoms with Crippen LogP contribution in [0, 0.1) is 0 Å². The van der Waals surface area contributed by atoms with Crippen LogP contribution in [0.15, 0.2) is 24.3 Å². The minimum absolute atomic E-state index is 0.188. The van der Waals surface area contributed by atoms with Gasteiger partial charge >= 0.3 is 5.97 Å². The highest BCUT2D eigenvalue weighted by molar-refractivity contribution is 5.89. The number of hydrogen-bond acceptors (Lipinski definition) is 3. The number of carbonyl (C=O) groups is 1. The van der Waals surface area contributed by atoms with E-state index in [1.165, 1.54) is 0 Å². The fraction of sp³-hybridized carbons (Fsp3) is 0.462. The molecule has 0 aliphatic rings. The minimum atomic E-state index is -0.294. The second-order valence-corrected chi connectivity index (χ2v) is 3.58. The number of esters is 1. The van der Waals surface area contributed by atoms with Crippen molar-refractivity contribution in [2.24, 2.45) is 0 Å². The monoisotopic (exact) mass is 222 g/mol. The summed E-state index contributed by atoms with van der Waals surface area (Å²) in [5.41, 5.74) is 0.554. The number of benzene rings is 1. The van der Waals surface area contributed by atoms with Crippen LogP contribution < -0.4 is 4.74 Å². The zero-order chi connectivity index (χ0) is 12.0. The lowest BCUT2D eigenvalue weighted by atomic mass is 10.2. The molecule has 0 bridgehead atoms. The molecule has 1 rings (SSSR count). The minimum Gasteiger partial charge on any atom is -0.491 e. The first-order chi connectivity index (χ1) is 7.67. The van der Waals surface area contributed by atoms with Crippen molar-refractivity contribution in [1.29, 1.82) is 0 Å². The molecule has 0 N–H and O–H groups in total. The van der Waals surface area contributed by atoms with Crippen LogP contribution in [0.25, 0.3) is 0 Å². The van der Waals surface area contributed by atoms with E-state index in [9.17, 15) is 4.79 Å². The summed E-state index contributed by atoms with van der Waals surface area (Å²) >= 11 is 0. The summed E-state index contributed by atoms with van der Waals surface area (Å²) < 4.78 is 10.5. The number of rotatable bonds is 5. The number of ether oxygens (including phenoxy) is 2. The molecular weight excluding hydrogens is 204 g/mol. The zero-order valence-electron chi connectivity index (χ0n) is 10.0. The smallest absolute Gasteiger partial charge is 0.338 e. The van der Waals surface area contributed by atoms with E-state index >= 15 is 0 Å². The quantitative estimate of drug-likeness (QED) is 0.718. The SMILES string of the molecule is CCOC(=O)c1ccc(OC(C)CC)cc1. The fourth-order valence-electron chi connectivity index (χ4n) is 1.20. The predicted molar refractivity (Wildman–Crippen MR) is 62.8 cm³/mol. The van der Waals surface area contributed by atoms with Crippen molar-refractivity contribution in [3.8, 4) is 5.75 Å². The third-order valence-electron chi connectivity index (χ3n) is 2.28. The molecule has 0 saturated carbocycles. The molecule has 0 spiro atoms. The zero-order valence-corrected chi connectivity index (χ0v) is 10.0. The second kappa shape index (κ2) is 6.16. The van der Waals surface area contributed by atoms with Gasteiger partial charge in [0.05, 0.1) is 18.3 Å². The van der Waals surface area contributed by atoms with E-state index in [2.05, 4.69) is 6.92 Å². The maximum atomic E-state index is 11.4. The van der Waals surface area contributed by atoms with Gasteiger partial charge in [0.1, 0.15) is 5.75 Å². The molecule has 3 heteroatoms. The van der Waals surface area contributed by atoms with Gasteiger partial charge in [0, 0.05) is 0 Å². The molecule has 16 heavy (non-hydrogen) atoms. The Bertz CT molecular complexity index is 330. The summed E-state index contributed by atoms with van der Waals surface area (Å²) in [6.45, 7) is 6.26. The highest BCUT2D eigenvalue weighted by Crippen LogP contribution is 2.15. The van der Waals surface area contributed by atoms with Crippen molar-refractivity contribution in [3.63, 3.8) is 0 Å². The largest absolute Gasteiger partial charge is 0.491 e. The molecule has 0 radical (unpaired) electrons. The molecule has 0 saturated heterocycles. The lowest BCUT2D eigenvalue weighted by Crippen LogP contribution is -2.10. The van der Waals surface area contributed by atoms with Gasteiger partial charge < -0.3 is 9.47 Å². The van der Waals surface area contributed by atoms with Gasteiger partial charge in [-0.15, -0.1) is 0 Å². The van der Waals surface area contributed by atoms with Crippen LogP contribution in [0.3, 0.4) is 0 Å². The molecule has 88 valence electrons. The summed E-state index contributed by atoms with van der Waals surface area (Å²) in [5, 5.41) is 0. The lowest BCUT2D eigenvalue weighted by Gasteiger charge is -2.12. The van der Waals surface area contributed by atoms with Crippen LogP contribution in [0.5, 0.6) is 5.75 Å². The molecule has 0 aromatic heterocycles. The molecule has 1 aromatic carbocycles. The number of hydrogen-bond donors (Lipinski definition) is 0. The predicted octanol–water partition coefficient (Wildman–Crippen LogP) is 3.04. The molecule has 1 aromatic rings. The van der Waals surface area contributed by atoms with Gasteiger partial charge in [-0.2, -0.15) is 0 Å². The molecule has 0 aliphatic carbocycles. The highest BCUT2D eigenvalue weighted by atomic mass is 16.5. The average molecular weight is 222 g/mol. The topological polar surface area (TPSA) is 35.5 Å². The fourth-order valence-corrected chi connectivity index (χ4v) is 1.20. The van der Waals surface area contributed by atoms with Crippen molar-refractivity contribution in [3.05, 3.63) is 29.8 Å². The van der Waals surface area contributed by atoms with E-state index in [4.69, 9.17) is 9.47 Å². The Morgan fingerprint density at radius 2 is 1.88 bits per heavy atom.